The van der Waals surface area contributed by atoms with Crippen molar-refractivity contribution >= 4 is 42.6 Å². The summed E-state index contributed by atoms with van der Waals surface area (Å²) in [5.74, 6) is 0.522. The third-order valence-electron chi connectivity index (χ3n) is 6.62. The number of aromatic nitrogens is 1. The van der Waals surface area contributed by atoms with Gasteiger partial charge in [0.05, 0.1) is 28.3 Å². The molecule has 1 fully saturated rings. The Labute approximate surface area is 227 Å². The van der Waals surface area contributed by atoms with Crippen LogP contribution in [0.3, 0.4) is 0 Å². The van der Waals surface area contributed by atoms with E-state index >= 15 is 0 Å². The molecule has 0 spiro atoms. The van der Waals surface area contributed by atoms with Crippen molar-refractivity contribution in [1.29, 1.82) is 0 Å². The van der Waals surface area contributed by atoms with E-state index in [1.54, 1.807) is 33.5 Å². The van der Waals surface area contributed by atoms with Gasteiger partial charge in [-0.05, 0) is 67.8 Å². The third kappa shape index (κ3) is 5.75. The number of nitrogens with zero attached hydrogens (tertiary/aromatic N) is 3. The molecule has 38 heavy (non-hydrogen) atoms. The first-order valence-electron chi connectivity index (χ1n) is 12.9. The fraction of sp³-hybridized carbons (Fsp3) is 0.310. The molecule has 9 heteroatoms. The highest BCUT2D eigenvalue weighted by molar-refractivity contribution is 7.89. The molecule has 1 saturated heterocycles. The van der Waals surface area contributed by atoms with Crippen LogP contribution in [0.2, 0.25) is 0 Å². The number of hydrogen-bond acceptors (Lipinski definition) is 6. The van der Waals surface area contributed by atoms with Crippen molar-refractivity contribution in [2.45, 2.75) is 44.0 Å². The minimum absolute atomic E-state index is 0.217. The zero-order valence-electron chi connectivity index (χ0n) is 21.4. The predicted molar refractivity (Wildman–Crippen MR) is 151 cm³/mol. The van der Waals surface area contributed by atoms with Crippen molar-refractivity contribution in [2.24, 2.45) is 0 Å². The van der Waals surface area contributed by atoms with Crippen molar-refractivity contribution in [3.63, 3.8) is 0 Å². The molecule has 0 saturated carbocycles. The lowest BCUT2D eigenvalue weighted by molar-refractivity contribution is 0.0985. The molecular weight excluding hydrogens is 518 g/mol. The number of thiazole rings is 1. The maximum absolute atomic E-state index is 13.8. The third-order valence-corrected chi connectivity index (χ3v) is 9.58. The second-order valence-corrected chi connectivity index (χ2v) is 12.2. The Morgan fingerprint density at radius 1 is 0.974 bits per heavy atom. The van der Waals surface area contributed by atoms with E-state index < -0.39 is 10.0 Å². The minimum Gasteiger partial charge on any atom is -0.494 e. The summed E-state index contributed by atoms with van der Waals surface area (Å²) in [5.41, 5.74) is 2.17. The van der Waals surface area contributed by atoms with Crippen LogP contribution in [0.5, 0.6) is 5.75 Å². The molecular formula is C29H31N3O4S2. The van der Waals surface area contributed by atoms with E-state index in [0.717, 1.165) is 47.2 Å². The maximum atomic E-state index is 13.8. The number of benzene rings is 3. The number of sulfonamides is 1. The molecule has 0 radical (unpaired) electrons. The maximum Gasteiger partial charge on any atom is 0.260 e. The first-order valence-corrected chi connectivity index (χ1v) is 15.2. The van der Waals surface area contributed by atoms with Gasteiger partial charge in [-0.25, -0.2) is 13.4 Å². The van der Waals surface area contributed by atoms with Gasteiger partial charge < -0.3 is 4.74 Å². The molecule has 1 aromatic heterocycles. The highest BCUT2D eigenvalue weighted by Crippen LogP contribution is 2.33. The fourth-order valence-electron chi connectivity index (χ4n) is 4.61. The SMILES string of the molecule is CCOc1ccc2nc(N(Cc3ccccc3)C(=O)c3ccc(S(=O)(=O)N4CCCCCC4)cc3)sc2c1. The Morgan fingerprint density at radius 3 is 2.37 bits per heavy atom. The predicted octanol–water partition coefficient (Wildman–Crippen LogP) is 6.11. The van der Waals surface area contributed by atoms with E-state index in [9.17, 15) is 13.2 Å². The van der Waals surface area contributed by atoms with Crippen molar-refractivity contribution < 1.29 is 17.9 Å². The van der Waals surface area contributed by atoms with Gasteiger partial charge in [-0.1, -0.05) is 54.5 Å². The number of carbonyl (C=O) groups excluding carboxylic acids is 1. The average Bonchev–Trinajstić information content (AvgIpc) is 3.15. The van der Waals surface area contributed by atoms with Crippen LogP contribution < -0.4 is 9.64 Å². The highest BCUT2D eigenvalue weighted by atomic mass is 32.2. The smallest absolute Gasteiger partial charge is 0.260 e. The van der Waals surface area contributed by atoms with Gasteiger partial charge in [-0.2, -0.15) is 4.31 Å². The van der Waals surface area contributed by atoms with Crippen LogP contribution in [0.4, 0.5) is 5.13 Å². The summed E-state index contributed by atoms with van der Waals surface area (Å²) >= 11 is 1.43. The average molecular weight is 550 g/mol. The summed E-state index contributed by atoms with van der Waals surface area (Å²) in [6.07, 6.45) is 3.85. The summed E-state index contributed by atoms with van der Waals surface area (Å²) in [6.45, 7) is 3.92. The van der Waals surface area contributed by atoms with Gasteiger partial charge in [0.15, 0.2) is 5.13 Å². The number of carbonyl (C=O) groups is 1. The van der Waals surface area contributed by atoms with Crippen molar-refractivity contribution in [3.05, 3.63) is 83.9 Å². The molecule has 4 aromatic rings. The molecule has 3 aromatic carbocycles. The van der Waals surface area contributed by atoms with Crippen molar-refractivity contribution in [3.8, 4) is 5.75 Å². The largest absolute Gasteiger partial charge is 0.494 e. The lowest BCUT2D eigenvalue weighted by Crippen LogP contribution is -2.32. The summed E-state index contributed by atoms with van der Waals surface area (Å²) in [6, 6.07) is 21.8. The van der Waals surface area contributed by atoms with Crippen molar-refractivity contribution in [1.82, 2.24) is 9.29 Å². The number of anilines is 1. The zero-order chi connectivity index (χ0) is 26.5. The number of hydrogen-bond donors (Lipinski definition) is 0. The molecule has 1 aliphatic heterocycles. The molecule has 2 heterocycles. The molecule has 0 atom stereocenters. The normalized spacial score (nSPS) is 14.8. The molecule has 1 aliphatic rings. The van der Waals surface area contributed by atoms with E-state index in [0.29, 0.717) is 36.9 Å². The molecule has 0 aliphatic carbocycles. The fourth-order valence-corrected chi connectivity index (χ4v) is 7.12. The Hall–Kier alpha value is -3.27. The Bertz CT molecular complexity index is 1490. The molecule has 198 valence electrons. The van der Waals surface area contributed by atoms with E-state index in [2.05, 4.69) is 0 Å². The number of rotatable bonds is 8. The van der Waals surface area contributed by atoms with Gasteiger partial charge in [-0.15, -0.1) is 0 Å². The van der Waals surface area contributed by atoms with Crippen LogP contribution in [0.25, 0.3) is 10.2 Å². The molecule has 0 N–H and O–H groups in total. The van der Waals surface area contributed by atoms with Gasteiger partial charge in [0.2, 0.25) is 10.0 Å². The lowest BCUT2D eigenvalue weighted by atomic mass is 10.1. The zero-order valence-corrected chi connectivity index (χ0v) is 23.0. The van der Waals surface area contributed by atoms with E-state index in [1.807, 2.05) is 55.5 Å². The van der Waals surface area contributed by atoms with E-state index in [4.69, 9.17) is 9.72 Å². The Kier molecular flexibility index (Phi) is 8.06. The molecule has 5 rings (SSSR count). The summed E-state index contributed by atoms with van der Waals surface area (Å²) < 4.78 is 34.5. The van der Waals surface area contributed by atoms with Gasteiger partial charge in [-0.3, -0.25) is 9.69 Å². The lowest BCUT2D eigenvalue weighted by Gasteiger charge is -2.21. The highest BCUT2D eigenvalue weighted by Gasteiger charge is 2.27. The molecule has 0 unspecified atom stereocenters. The number of fused-ring (bicyclic) bond motifs is 1. The standard InChI is InChI=1S/C29H31N3O4S2/c1-2-36-24-14-17-26-27(20-24)37-29(30-26)32(21-22-10-6-5-7-11-22)28(33)23-12-15-25(16-13-23)38(34,35)31-18-8-3-4-9-19-31/h5-7,10-17,20H,2-4,8-9,18-19,21H2,1H3. The minimum atomic E-state index is -3.59. The van der Waals surface area contributed by atoms with Crippen LogP contribution in [-0.4, -0.2) is 43.3 Å². The molecule has 0 bridgehead atoms. The Morgan fingerprint density at radius 2 is 1.68 bits per heavy atom. The van der Waals surface area contributed by atoms with Gasteiger partial charge in [0.25, 0.3) is 5.91 Å². The second kappa shape index (κ2) is 11.6. The Balaban J connectivity index is 1.45. The number of amides is 1. The topological polar surface area (TPSA) is 79.8 Å². The quantitative estimate of drug-likeness (QED) is 0.265. The van der Waals surface area contributed by atoms with Crippen LogP contribution in [0, 0.1) is 0 Å². The van der Waals surface area contributed by atoms with E-state index in [-0.39, 0.29) is 10.8 Å². The monoisotopic (exact) mass is 549 g/mol. The van der Waals surface area contributed by atoms with Crippen LogP contribution in [-0.2, 0) is 16.6 Å². The summed E-state index contributed by atoms with van der Waals surface area (Å²) in [7, 11) is -3.59. The van der Waals surface area contributed by atoms with Crippen LogP contribution in [0.15, 0.2) is 77.7 Å². The van der Waals surface area contributed by atoms with Gasteiger partial charge >= 0.3 is 0 Å². The van der Waals surface area contributed by atoms with Crippen LogP contribution >= 0.6 is 11.3 Å². The summed E-state index contributed by atoms with van der Waals surface area (Å²) in [5, 5.41) is 0.573. The first kappa shape index (κ1) is 26.3. The van der Waals surface area contributed by atoms with E-state index in [1.165, 1.54) is 11.3 Å². The van der Waals surface area contributed by atoms with Crippen molar-refractivity contribution in [2.75, 3.05) is 24.6 Å². The summed E-state index contributed by atoms with van der Waals surface area (Å²) in [4.78, 5) is 20.4. The first-order chi connectivity index (χ1) is 18.5. The number of ether oxygens (including phenoxy) is 1. The van der Waals surface area contributed by atoms with Gasteiger partial charge in [0.1, 0.15) is 5.75 Å². The van der Waals surface area contributed by atoms with Gasteiger partial charge in [0, 0.05) is 18.7 Å². The molecule has 1 amide bonds. The second-order valence-electron chi connectivity index (χ2n) is 9.28. The van der Waals surface area contributed by atoms with Crippen LogP contribution in [0.1, 0.15) is 48.5 Å². The molecule has 7 nitrogen and oxygen atoms in total.